The lowest BCUT2D eigenvalue weighted by atomic mass is 10.1. The highest BCUT2D eigenvalue weighted by Gasteiger charge is 2.23. The van der Waals surface area contributed by atoms with Gasteiger partial charge in [0.15, 0.2) is 11.3 Å². The summed E-state index contributed by atoms with van der Waals surface area (Å²) in [7, 11) is 0. The lowest BCUT2D eigenvalue weighted by molar-refractivity contribution is 0.477. The van der Waals surface area contributed by atoms with Crippen LogP contribution in [0.15, 0.2) is 167 Å². The molecule has 0 fully saturated rings. The monoisotopic (exact) mass is 700 g/mol. The van der Waals surface area contributed by atoms with Crippen molar-refractivity contribution in [2.75, 3.05) is 16.5 Å². The SMILES string of the molecule is C1=CN(c2cc(Oc3ccc4c(c3)n(-c3ccccn3)c3nc5ccccc5n43)c3oc4cc5c(cc4c3c2)oc2ccccc25)CN1c1ccccc1. The fraction of sp³-hybridized carbons (Fsp3) is 0.0222. The van der Waals surface area contributed by atoms with Crippen molar-refractivity contribution in [3.63, 3.8) is 0 Å². The molecule has 5 aromatic heterocycles. The van der Waals surface area contributed by atoms with E-state index >= 15 is 0 Å². The number of aromatic nitrogens is 4. The second-order valence-electron chi connectivity index (χ2n) is 13.6. The molecule has 0 bridgehead atoms. The number of anilines is 2. The smallest absolute Gasteiger partial charge is 0.221 e. The third-order valence-corrected chi connectivity index (χ3v) is 10.4. The van der Waals surface area contributed by atoms with Crippen LogP contribution in [0.5, 0.6) is 11.5 Å². The Morgan fingerprint density at radius 1 is 0.556 bits per heavy atom. The molecule has 0 unspecified atom stereocenters. The molecule has 0 atom stereocenters. The third kappa shape index (κ3) is 4.26. The van der Waals surface area contributed by atoms with E-state index in [-0.39, 0.29) is 0 Å². The minimum atomic E-state index is 0.609. The minimum absolute atomic E-state index is 0.609. The van der Waals surface area contributed by atoms with Crippen molar-refractivity contribution >= 4 is 83.1 Å². The van der Waals surface area contributed by atoms with Gasteiger partial charge in [-0.1, -0.05) is 54.6 Å². The van der Waals surface area contributed by atoms with E-state index in [1.807, 2.05) is 66.7 Å². The van der Waals surface area contributed by atoms with Gasteiger partial charge in [0.1, 0.15) is 28.3 Å². The van der Waals surface area contributed by atoms with Gasteiger partial charge in [-0.3, -0.25) is 8.97 Å². The molecular formula is C45H28N6O3. The maximum atomic E-state index is 6.90. The van der Waals surface area contributed by atoms with E-state index in [0.29, 0.717) is 23.8 Å². The Balaban J connectivity index is 1.04. The van der Waals surface area contributed by atoms with Gasteiger partial charge >= 0.3 is 0 Å². The molecule has 0 saturated carbocycles. The number of hydrogen-bond donors (Lipinski definition) is 0. The Labute approximate surface area is 306 Å². The zero-order valence-corrected chi connectivity index (χ0v) is 28.6. The molecule has 11 aromatic rings. The van der Waals surface area contributed by atoms with Crippen LogP contribution in [0.1, 0.15) is 0 Å². The van der Waals surface area contributed by atoms with E-state index in [4.69, 9.17) is 23.5 Å². The fourth-order valence-electron chi connectivity index (χ4n) is 7.95. The summed E-state index contributed by atoms with van der Waals surface area (Å²) in [5.74, 6) is 2.82. The first-order valence-corrected chi connectivity index (χ1v) is 17.8. The summed E-state index contributed by atoms with van der Waals surface area (Å²) in [6.07, 6.45) is 6.00. The summed E-state index contributed by atoms with van der Waals surface area (Å²) in [6.45, 7) is 0.649. The van der Waals surface area contributed by atoms with E-state index in [9.17, 15) is 0 Å². The largest absolute Gasteiger partial charge is 0.456 e. The van der Waals surface area contributed by atoms with E-state index in [1.54, 1.807) is 6.20 Å². The molecule has 1 aliphatic heterocycles. The van der Waals surface area contributed by atoms with Gasteiger partial charge in [0.05, 0.1) is 28.7 Å². The van der Waals surface area contributed by atoms with Crippen molar-refractivity contribution in [2.45, 2.75) is 0 Å². The van der Waals surface area contributed by atoms with Crippen molar-refractivity contribution < 1.29 is 13.6 Å². The third-order valence-electron chi connectivity index (χ3n) is 10.4. The summed E-state index contributed by atoms with van der Waals surface area (Å²) in [5, 5.41) is 3.96. The summed E-state index contributed by atoms with van der Waals surface area (Å²) in [5.41, 5.74) is 9.06. The minimum Gasteiger partial charge on any atom is -0.456 e. The molecule has 6 aromatic carbocycles. The van der Waals surface area contributed by atoms with Gasteiger partial charge in [-0.15, -0.1) is 0 Å². The number of fused-ring (bicyclic) bond motifs is 11. The van der Waals surface area contributed by atoms with Crippen LogP contribution in [0.2, 0.25) is 0 Å². The summed E-state index contributed by atoms with van der Waals surface area (Å²) < 4.78 is 24.2. The molecule has 6 heterocycles. The van der Waals surface area contributed by atoms with Gasteiger partial charge < -0.3 is 23.4 Å². The van der Waals surface area contributed by atoms with Crippen molar-refractivity contribution in [1.29, 1.82) is 0 Å². The molecule has 0 N–H and O–H groups in total. The Hall–Kier alpha value is -7.52. The van der Waals surface area contributed by atoms with Crippen molar-refractivity contribution in [1.82, 2.24) is 18.9 Å². The number of hydrogen-bond acceptors (Lipinski definition) is 7. The Bertz CT molecular complexity index is 3300. The highest BCUT2D eigenvalue weighted by Crippen LogP contribution is 2.44. The van der Waals surface area contributed by atoms with Crippen LogP contribution in [0.3, 0.4) is 0 Å². The topological polar surface area (TPSA) is 77.1 Å². The Kier molecular flexibility index (Phi) is 5.92. The highest BCUT2D eigenvalue weighted by atomic mass is 16.5. The average Bonchev–Trinajstić information content (AvgIpc) is 4.04. The molecule has 0 amide bonds. The molecule has 9 heteroatoms. The summed E-state index contributed by atoms with van der Waals surface area (Å²) in [4.78, 5) is 14.2. The molecule has 0 radical (unpaired) electrons. The second kappa shape index (κ2) is 11.0. The van der Waals surface area contributed by atoms with Gasteiger partial charge in [-0.2, -0.15) is 0 Å². The van der Waals surface area contributed by atoms with Crippen molar-refractivity contribution in [3.05, 3.63) is 158 Å². The maximum Gasteiger partial charge on any atom is 0.221 e. The summed E-state index contributed by atoms with van der Waals surface area (Å²) >= 11 is 0. The first-order chi connectivity index (χ1) is 26.7. The standard InChI is InChI=1S/C45H28N6O3/c1-2-10-28(11-3-1)48-20-21-49(27-48)29-22-34-33-26-40-32(31-12-4-7-15-39(31)53-40)25-41(33)54-44(34)42(23-29)52-30-17-18-37-38(24-30)51(43-16-8-9-19-46-43)45-47-35-13-5-6-14-36(35)50(37)45/h1-26H,27H2. The number of benzene rings is 6. The maximum absolute atomic E-state index is 6.90. The van der Waals surface area contributed by atoms with Crippen LogP contribution in [0, 0.1) is 0 Å². The zero-order valence-electron chi connectivity index (χ0n) is 28.6. The van der Waals surface area contributed by atoms with Gasteiger partial charge in [0, 0.05) is 63.6 Å². The van der Waals surface area contributed by atoms with Crippen LogP contribution in [-0.2, 0) is 0 Å². The van der Waals surface area contributed by atoms with Gasteiger partial charge in [0.25, 0.3) is 0 Å². The zero-order chi connectivity index (χ0) is 35.3. The first kappa shape index (κ1) is 29.1. The van der Waals surface area contributed by atoms with E-state index in [0.717, 1.165) is 83.3 Å². The van der Waals surface area contributed by atoms with E-state index in [1.165, 1.54) is 0 Å². The van der Waals surface area contributed by atoms with E-state index < -0.39 is 0 Å². The molecule has 0 aliphatic carbocycles. The molecule has 256 valence electrons. The second-order valence-corrected chi connectivity index (χ2v) is 13.6. The van der Waals surface area contributed by atoms with Crippen LogP contribution < -0.4 is 14.5 Å². The van der Waals surface area contributed by atoms with Gasteiger partial charge in [-0.25, -0.2) is 9.97 Å². The number of ether oxygens (including phenoxy) is 1. The van der Waals surface area contributed by atoms with Gasteiger partial charge in [-0.05, 0) is 72.8 Å². The Morgan fingerprint density at radius 3 is 2.22 bits per heavy atom. The van der Waals surface area contributed by atoms with Gasteiger partial charge in [0.2, 0.25) is 5.78 Å². The molecule has 54 heavy (non-hydrogen) atoms. The normalized spacial score (nSPS) is 13.3. The van der Waals surface area contributed by atoms with Crippen LogP contribution in [-0.4, -0.2) is 25.6 Å². The van der Waals surface area contributed by atoms with Crippen LogP contribution in [0.4, 0.5) is 11.4 Å². The first-order valence-electron chi connectivity index (χ1n) is 17.8. The molecule has 0 saturated heterocycles. The van der Waals surface area contributed by atoms with Crippen LogP contribution in [0.25, 0.3) is 77.5 Å². The number of furan rings is 2. The predicted molar refractivity (Wildman–Crippen MR) is 214 cm³/mol. The molecule has 12 rings (SSSR count). The van der Waals surface area contributed by atoms with E-state index in [2.05, 4.69) is 104 Å². The van der Waals surface area contributed by atoms with Crippen molar-refractivity contribution in [2.24, 2.45) is 0 Å². The number of pyridine rings is 1. The average molecular weight is 701 g/mol. The molecule has 0 spiro atoms. The quantitative estimate of drug-likeness (QED) is 0.177. The number of imidazole rings is 2. The van der Waals surface area contributed by atoms with Crippen molar-refractivity contribution in [3.8, 4) is 17.3 Å². The predicted octanol–water partition coefficient (Wildman–Crippen LogP) is 11.2. The molecule has 9 nitrogen and oxygen atoms in total. The summed E-state index contributed by atoms with van der Waals surface area (Å²) in [6, 6.07) is 47.1. The number of rotatable bonds is 5. The number of para-hydroxylation sites is 4. The lowest BCUT2D eigenvalue weighted by Crippen LogP contribution is -2.24. The lowest BCUT2D eigenvalue weighted by Gasteiger charge is -2.22. The Morgan fingerprint density at radius 2 is 1.33 bits per heavy atom. The highest BCUT2D eigenvalue weighted by molar-refractivity contribution is 6.16. The fourth-order valence-corrected chi connectivity index (χ4v) is 7.95. The van der Waals surface area contributed by atoms with Crippen LogP contribution >= 0.6 is 0 Å². The molecule has 1 aliphatic rings. The number of nitrogens with zero attached hydrogens (tertiary/aromatic N) is 6. The molecular weight excluding hydrogens is 673 g/mol.